The maximum absolute atomic E-state index is 12.2. The van der Waals surface area contributed by atoms with Crippen LogP contribution < -0.4 is 4.31 Å². The number of sulfonamides is 1. The fourth-order valence-electron chi connectivity index (χ4n) is 2.35. The van der Waals surface area contributed by atoms with Gasteiger partial charge in [-0.05, 0) is 43.0 Å². The van der Waals surface area contributed by atoms with Crippen LogP contribution in [-0.2, 0) is 16.4 Å². The molecule has 1 aromatic rings. The molecule has 6 heteroatoms. The molecule has 1 aromatic carbocycles. The zero-order valence-electron chi connectivity index (χ0n) is 10.8. The molecule has 0 spiro atoms. The van der Waals surface area contributed by atoms with Crippen molar-refractivity contribution in [1.82, 2.24) is 0 Å². The van der Waals surface area contributed by atoms with E-state index in [2.05, 4.69) is 0 Å². The Labute approximate surface area is 112 Å². The molecule has 0 radical (unpaired) electrons. The molecule has 5 nitrogen and oxygen atoms in total. The molecule has 0 aromatic heterocycles. The van der Waals surface area contributed by atoms with Crippen LogP contribution in [0.4, 0.5) is 5.69 Å². The van der Waals surface area contributed by atoms with E-state index in [1.165, 1.54) is 10.4 Å². The minimum Gasteiger partial charge on any atom is -0.478 e. The molecule has 0 fully saturated rings. The van der Waals surface area contributed by atoms with Crippen LogP contribution in [0.2, 0.25) is 0 Å². The molecule has 0 aliphatic carbocycles. The topological polar surface area (TPSA) is 74.7 Å². The summed E-state index contributed by atoms with van der Waals surface area (Å²) in [5.74, 6) is -0.871. The van der Waals surface area contributed by atoms with Gasteiger partial charge in [0.05, 0.1) is 17.0 Å². The number of nitrogens with zero attached hydrogens (tertiary/aromatic N) is 1. The van der Waals surface area contributed by atoms with Crippen LogP contribution in [0.1, 0.15) is 35.7 Å². The molecular formula is C13H17NO4S. The van der Waals surface area contributed by atoms with E-state index in [1.807, 2.05) is 6.92 Å². The Morgan fingerprint density at radius 1 is 1.42 bits per heavy atom. The van der Waals surface area contributed by atoms with Crippen LogP contribution in [0.5, 0.6) is 0 Å². The molecule has 1 N–H and O–H groups in total. The molecule has 1 heterocycles. The van der Waals surface area contributed by atoms with Crippen molar-refractivity contribution in [1.29, 1.82) is 0 Å². The van der Waals surface area contributed by atoms with E-state index >= 15 is 0 Å². The standard InChI is InChI=1S/C13H17NO4S/c1-2-8-19(17,18)14-7-3-4-10-9-11(13(15)16)5-6-12(10)14/h5-6,9H,2-4,7-8H2,1H3,(H,15,16). The fraction of sp³-hybridized carbons (Fsp3) is 0.462. The monoisotopic (exact) mass is 283 g/mol. The molecule has 19 heavy (non-hydrogen) atoms. The number of carboxylic acid groups (broad SMARTS) is 1. The van der Waals surface area contributed by atoms with E-state index in [0.717, 1.165) is 12.0 Å². The SMILES string of the molecule is CCCS(=O)(=O)N1CCCc2cc(C(=O)O)ccc21. The summed E-state index contributed by atoms with van der Waals surface area (Å²) >= 11 is 0. The Morgan fingerprint density at radius 2 is 2.16 bits per heavy atom. The third kappa shape index (κ3) is 2.73. The van der Waals surface area contributed by atoms with Crippen LogP contribution >= 0.6 is 0 Å². The van der Waals surface area contributed by atoms with E-state index in [-0.39, 0.29) is 11.3 Å². The Balaban J connectivity index is 2.43. The normalized spacial score (nSPS) is 15.1. The molecule has 0 unspecified atom stereocenters. The second kappa shape index (κ2) is 5.21. The second-order valence-corrected chi connectivity index (χ2v) is 6.65. The van der Waals surface area contributed by atoms with E-state index in [0.29, 0.717) is 25.1 Å². The van der Waals surface area contributed by atoms with Crippen molar-refractivity contribution in [3.63, 3.8) is 0 Å². The lowest BCUT2D eigenvalue weighted by atomic mass is 10.0. The van der Waals surface area contributed by atoms with Gasteiger partial charge in [-0.1, -0.05) is 6.92 Å². The summed E-state index contributed by atoms with van der Waals surface area (Å²) in [5, 5.41) is 8.96. The number of hydrogen-bond donors (Lipinski definition) is 1. The van der Waals surface area contributed by atoms with Crippen molar-refractivity contribution in [3.05, 3.63) is 29.3 Å². The summed E-state index contributed by atoms with van der Waals surface area (Å²) in [4.78, 5) is 10.9. The number of carboxylic acids is 1. The third-order valence-corrected chi connectivity index (χ3v) is 5.18. The van der Waals surface area contributed by atoms with Crippen LogP contribution in [-0.4, -0.2) is 31.8 Å². The first-order chi connectivity index (χ1) is 8.95. The van der Waals surface area contributed by atoms with Gasteiger partial charge < -0.3 is 5.11 Å². The van der Waals surface area contributed by atoms with Gasteiger partial charge in [0.1, 0.15) is 0 Å². The van der Waals surface area contributed by atoms with Crippen molar-refractivity contribution >= 4 is 21.7 Å². The summed E-state index contributed by atoms with van der Waals surface area (Å²) in [6.07, 6.45) is 2.01. The summed E-state index contributed by atoms with van der Waals surface area (Å²) in [5.41, 5.74) is 1.63. The molecule has 0 saturated heterocycles. The number of aromatic carboxylic acids is 1. The van der Waals surface area contributed by atoms with Crippen molar-refractivity contribution in [3.8, 4) is 0 Å². The first-order valence-corrected chi connectivity index (χ1v) is 7.93. The molecule has 1 aliphatic rings. The van der Waals surface area contributed by atoms with E-state index < -0.39 is 16.0 Å². The van der Waals surface area contributed by atoms with Crippen molar-refractivity contribution in [2.24, 2.45) is 0 Å². The minimum absolute atomic E-state index is 0.118. The molecule has 0 bridgehead atoms. The fourth-order valence-corrected chi connectivity index (χ4v) is 3.97. The Morgan fingerprint density at radius 3 is 2.79 bits per heavy atom. The lowest BCUT2D eigenvalue weighted by Gasteiger charge is -2.30. The minimum atomic E-state index is -3.29. The van der Waals surface area contributed by atoms with Gasteiger partial charge in [-0.3, -0.25) is 4.31 Å². The second-order valence-electron chi connectivity index (χ2n) is 4.64. The maximum atomic E-state index is 12.2. The molecule has 0 amide bonds. The highest BCUT2D eigenvalue weighted by molar-refractivity contribution is 7.92. The average Bonchev–Trinajstić information content (AvgIpc) is 2.37. The highest BCUT2D eigenvalue weighted by atomic mass is 32.2. The van der Waals surface area contributed by atoms with Crippen molar-refractivity contribution < 1.29 is 18.3 Å². The van der Waals surface area contributed by atoms with Gasteiger partial charge in [0.25, 0.3) is 0 Å². The van der Waals surface area contributed by atoms with Crippen LogP contribution in [0, 0.1) is 0 Å². The lowest BCUT2D eigenvalue weighted by Crippen LogP contribution is -2.37. The number of aryl methyl sites for hydroxylation is 1. The predicted octanol–water partition coefficient (Wildman–Crippen LogP) is 1.88. The molecular weight excluding hydrogens is 266 g/mol. The van der Waals surface area contributed by atoms with Gasteiger partial charge in [-0.25, -0.2) is 13.2 Å². The molecule has 104 valence electrons. The Hall–Kier alpha value is -1.56. The molecule has 2 rings (SSSR count). The summed E-state index contributed by atoms with van der Waals surface area (Å²) in [7, 11) is -3.29. The number of rotatable bonds is 4. The van der Waals surface area contributed by atoms with Crippen molar-refractivity contribution in [2.45, 2.75) is 26.2 Å². The average molecular weight is 283 g/mol. The number of hydrogen-bond acceptors (Lipinski definition) is 3. The molecule has 1 aliphatic heterocycles. The largest absolute Gasteiger partial charge is 0.478 e. The Bertz CT molecular complexity index is 595. The third-order valence-electron chi connectivity index (χ3n) is 3.20. The van der Waals surface area contributed by atoms with Gasteiger partial charge in [0.2, 0.25) is 10.0 Å². The van der Waals surface area contributed by atoms with Crippen LogP contribution in [0.25, 0.3) is 0 Å². The predicted molar refractivity (Wildman–Crippen MR) is 73.1 cm³/mol. The highest BCUT2D eigenvalue weighted by Crippen LogP contribution is 2.30. The molecule has 0 saturated carbocycles. The maximum Gasteiger partial charge on any atom is 0.335 e. The summed E-state index contributed by atoms with van der Waals surface area (Å²) in [6.45, 7) is 2.30. The van der Waals surface area contributed by atoms with Gasteiger partial charge >= 0.3 is 5.97 Å². The van der Waals surface area contributed by atoms with Crippen molar-refractivity contribution in [2.75, 3.05) is 16.6 Å². The van der Waals surface area contributed by atoms with Crippen LogP contribution in [0.3, 0.4) is 0 Å². The van der Waals surface area contributed by atoms with E-state index in [4.69, 9.17) is 5.11 Å². The Kier molecular flexibility index (Phi) is 3.80. The highest BCUT2D eigenvalue weighted by Gasteiger charge is 2.27. The number of fused-ring (bicyclic) bond motifs is 1. The first-order valence-electron chi connectivity index (χ1n) is 6.32. The summed E-state index contributed by atoms with van der Waals surface area (Å²) < 4.78 is 25.8. The van der Waals surface area contributed by atoms with E-state index in [9.17, 15) is 13.2 Å². The van der Waals surface area contributed by atoms with Gasteiger partial charge in [0.15, 0.2) is 0 Å². The smallest absolute Gasteiger partial charge is 0.335 e. The number of anilines is 1. The summed E-state index contributed by atoms with van der Waals surface area (Å²) in [6, 6.07) is 4.64. The number of carbonyl (C=O) groups is 1. The first kappa shape index (κ1) is 13.9. The van der Waals surface area contributed by atoms with Gasteiger partial charge in [-0.2, -0.15) is 0 Å². The lowest BCUT2D eigenvalue weighted by molar-refractivity contribution is 0.0697. The van der Waals surface area contributed by atoms with E-state index in [1.54, 1.807) is 12.1 Å². The van der Waals surface area contributed by atoms with Gasteiger partial charge in [0, 0.05) is 6.54 Å². The zero-order chi connectivity index (χ0) is 14.0. The van der Waals surface area contributed by atoms with Crippen LogP contribution in [0.15, 0.2) is 18.2 Å². The quantitative estimate of drug-likeness (QED) is 0.915. The zero-order valence-corrected chi connectivity index (χ0v) is 11.6. The number of benzene rings is 1. The molecule has 0 atom stereocenters. The van der Waals surface area contributed by atoms with Gasteiger partial charge in [-0.15, -0.1) is 0 Å².